The SMILES string of the molecule is C[C@@H](OC(=O)c1ccccc1Cl)C(=O)Nc1ccc(Oc2ccccc2)cc1. The number of amides is 1. The third-order valence-electron chi connectivity index (χ3n) is 3.85. The average Bonchev–Trinajstić information content (AvgIpc) is 2.70. The first-order valence-corrected chi connectivity index (χ1v) is 9.00. The molecule has 1 amide bonds. The number of benzene rings is 3. The summed E-state index contributed by atoms with van der Waals surface area (Å²) in [5.74, 6) is 0.263. The van der Waals surface area contributed by atoms with Gasteiger partial charge < -0.3 is 14.8 Å². The van der Waals surface area contributed by atoms with Crippen molar-refractivity contribution >= 4 is 29.2 Å². The Morgan fingerprint density at radius 3 is 2.14 bits per heavy atom. The Balaban J connectivity index is 1.56. The molecule has 1 atom stereocenters. The number of rotatable bonds is 6. The molecule has 0 radical (unpaired) electrons. The number of esters is 1. The van der Waals surface area contributed by atoms with E-state index >= 15 is 0 Å². The zero-order valence-corrected chi connectivity index (χ0v) is 15.8. The summed E-state index contributed by atoms with van der Waals surface area (Å²) in [5.41, 5.74) is 0.775. The molecule has 0 aliphatic rings. The summed E-state index contributed by atoms with van der Waals surface area (Å²) >= 11 is 5.97. The molecular formula is C22H18ClNO4. The van der Waals surface area contributed by atoms with Gasteiger partial charge >= 0.3 is 5.97 Å². The van der Waals surface area contributed by atoms with Crippen LogP contribution in [-0.4, -0.2) is 18.0 Å². The van der Waals surface area contributed by atoms with Crippen molar-refractivity contribution in [2.45, 2.75) is 13.0 Å². The maximum absolute atomic E-state index is 12.3. The molecule has 0 aliphatic heterocycles. The maximum Gasteiger partial charge on any atom is 0.340 e. The van der Waals surface area contributed by atoms with Crippen LogP contribution in [0.2, 0.25) is 5.02 Å². The molecule has 3 aromatic carbocycles. The van der Waals surface area contributed by atoms with Gasteiger partial charge in [0.2, 0.25) is 0 Å². The summed E-state index contributed by atoms with van der Waals surface area (Å²) in [6.45, 7) is 1.50. The summed E-state index contributed by atoms with van der Waals surface area (Å²) < 4.78 is 10.9. The van der Waals surface area contributed by atoms with Crippen molar-refractivity contribution in [1.82, 2.24) is 0 Å². The van der Waals surface area contributed by atoms with Gasteiger partial charge in [0.15, 0.2) is 6.10 Å². The van der Waals surface area contributed by atoms with Crippen LogP contribution >= 0.6 is 11.6 Å². The van der Waals surface area contributed by atoms with Gasteiger partial charge in [0.05, 0.1) is 10.6 Å². The van der Waals surface area contributed by atoms with Crippen molar-refractivity contribution in [3.05, 3.63) is 89.4 Å². The Bertz CT molecular complexity index is 958. The molecular weight excluding hydrogens is 378 g/mol. The highest BCUT2D eigenvalue weighted by molar-refractivity contribution is 6.33. The highest BCUT2D eigenvalue weighted by Gasteiger charge is 2.20. The van der Waals surface area contributed by atoms with Gasteiger partial charge in [-0.15, -0.1) is 0 Å². The lowest BCUT2D eigenvalue weighted by Gasteiger charge is -2.14. The third-order valence-corrected chi connectivity index (χ3v) is 4.18. The molecule has 0 aromatic heterocycles. The van der Waals surface area contributed by atoms with E-state index in [0.29, 0.717) is 11.4 Å². The fourth-order valence-electron chi connectivity index (χ4n) is 2.38. The second-order valence-corrected chi connectivity index (χ2v) is 6.36. The standard InChI is InChI=1S/C22H18ClNO4/c1-15(27-22(26)19-9-5-6-10-20(19)23)21(25)24-16-11-13-18(14-12-16)28-17-7-3-2-4-8-17/h2-15H,1H3,(H,24,25)/t15-/m1/s1. The van der Waals surface area contributed by atoms with E-state index in [2.05, 4.69) is 5.32 Å². The Morgan fingerprint density at radius 1 is 0.857 bits per heavy atom. The lowest BCUT2D eigenvalue weighted by atomic mass is 10.2. The quantitative estimate of drug-likeness (QED) is 0.574. The first-order chi connectivity index (χ1) is 13.5. The zero-order valence-electron chi connectivity index (χ0n) is 15.1. The van der Waals surface area contributed by atoms with Crippen molar-refractivity contribution in [3.63, 3.8) is 0 Å². The van der Waals surface area contributed by atoms with E-state index in [-0.39, 0.29) is 10.6 Å². The molecule has 3 rings (SSSR count). The fourth-order valence-corrected chi connectivity index (χ4v) is 2.59. The van der Waals surface area contributed by atoms with Crippen LogP contribution in [0.5, 0.6) is 11.5 Å². The Labute approximate surface area is 167 Å². The minimum Gasteiger partial charge on any atom is -0.457 e. The minimum atomic E-state index is -0.982. The molecule has 0 spiro atoms. The topological polar surface area (TPSA) is 64.6 Å². The molecule has 0 bridgehead atoms. The number of para-hydroxylation sites is 1. The van der Waals surface area contributed by atoms with Crippen LogP contribution in [0.25, 0.3) is 0 Å². The maximum atomic E-state index is 12.3. The average molecular weight is 396 g/mol. The number of hydrogen-bond acceptors (Lipinski definition) is 4. The second-order valence-electron chi connectivity index (χ2n) is 5.96. The molecule has 0 saturated carbocycles. The Morgan fingerprint density at radius 2 is 1.46 bits per heavy atom. The van der Waals surface area contributed by atoms with E-state index in [1.807, 2.05) is 30.3 Å². The summed E-state index contributed by atoms with van der Waals surface area (Å²) in [4.78, 5) is 24.4. The lowest BCUT2D eigenvalue weighted by Crippen LogP contribution is -2.30. The number of carbonyl (C=O) groups excluding carboxylic acids is 2. The van der Waals surface area contributed by atoms with Crippen LogP contribution in [0.1, 0.15) is 17.3 Å². The van der Waals surface area contributed by atoms with Gasteiger partial charge in [0.25, 0.3) is 5.91 Å². The third kappa shape index (κ3) is 5.11. The number of hydrogen-bond donors (Lipinski definition) is 1. The zero-order chi connectivity index (χ0) is 19.9. The number of halogens is 1. The number of anilines is 1. The fraction of sp³-hybridized carbons (Fsp3) is 0.0909. The predicted molar refractivity (Wildman–Crippen MR) is 108 cm³/mol. The summed E-state index contributed by atoms with van der Waals surface area (Å²) in [7, 11) is 0. The van der Waals surface area contributed by atoms with Crippen LogP contribution in [0.15, 0.2) is 78.9 Å². The van der Waals surface area contributed by atoms with Crippen LogP contribution in [-0.2, 0) is 9.53 Å². The van der Waals surface area contributed by atoms with E-state index in [1.165, 1.54) is 6.92 Å². The normalized spacial score (nSPS) is 11.4. The highest BCUT2D eigenvalue weighted by Crippen LogP contribution is 2.23. The largest absolute Gasteiger partial charge is 0.457 e. The first-order valence-electron chi connectivity index (χ1n) is 8.62. The molecule has 3 aromatic rings. The molecule has 5 nitrogen and oxygen atoms in total. The van der Waals surface area contributed by atoms with Crippen molar-refractivity contribution in [2.75, 3.05) is 5.32 Å². The van der Waals surface area contributed by atoms with Gasteiger partial charge in [0.1, 0.15) is 11.5 Å². The Kier molecular flexibility index (Phi) is 6.29. The van der Waals surface area contributed by atoms with Crippen molar-refractivity contribution in [1.29, 1.82) is 0 Å². The van der Waals surface area contributed by atoms with E-state index < -0.39 is 18.0 Å². The predicted octanol–water partition coefficient (Wildman–Crippen LogP) is 5.32. The smallest absolute Gasteiger partial charge is 0.340 e. The molecule has 0 saturated heterocycles. The Hall–Kier alpha value is -3.31. The van der Waals surface area contributed by atoms with E-state index in [1.54, 1.807) is 48.5 Å². The summed E-state index contributed by atoms with van der Waals surface area (Å²) in [6, 6.07) is 22.8. The lowest BCUT2D eigenvalue weighted by molar-refractivity contribution is -0.123. The monoisotopic (exact) mass is 395 g/mol. The molecule has 28 heavy (non-hydrogen) atoms. The van der Waals surface area contributed by atoms with Gasteiger partial charge in [-0.05, 0) is 55.5 Å². The van der Waals surface area contributed by atoms with Gasteiger partial charge in [0, 0.05) is 5.69 Å². The van der Waals surface area contributed by atoms with Crippen molar-refractivity contribution in [2.24, 2.45) is 0 Å². The van der Waals surface area contributed by atoms with Crippen LogP contribution in [0, 0.1) is 0 Å². The molecule has 0 unspecified atom stereocenters. The second kappa shape index (κ2) is 9.06. The minimum absolute atomic E-state index is 0.214. The number of carbonyl (C=O) groups is 2. The molecule has 6 heteroatoms. The molecule has 0 aliphatic carbocycles. The van der Waals surface area contributed by atoms with Crippen LogP contribution < -0.4 is 10.1 Å². The molecule has 1 N–H and O–H groups in total. The van der Waals surface area contributed by atoms with Crippen LogP contribution in [0.3, 0.4) is 0 Å². The van der Waals surface area contributed by atoms with Crippen molar-refractivity contribution in [3.8, 4) is 11.5 Å². The number of nitrogens with one attached hydrogen (secondary N) is 1. The van der Waals surface area contributed by atoms with Gasteiger partial charge in [-0.3, -0.25) is 4.79 Å². The van der Waals surface area contributed by atoms with E-state index in [4.69, 9.17) is 21.1 Å². The van der Waals surface area contributed by atoms with Gasteiger partial charge in [-0.1, -0.05) is 41.9 Å². The van der Waals surface area contributed by atoms with Crippen molar-refractivity contribution < 1.29 is 19.1 Å². The number of ether oxygens (including phenoxy) is 2. The van der Waals surface area contributed by atoms with E-state index in [0.717, 1.165) is 5.75 Å². The summed E-state index contributed by atoms with van der Waals surface area (Å²) in [5, 5.41) is 2.97. The first kappa shape index (κ1) is 19.5. The molecule has 0 fully saturated rings. The molecule has 142 valence electrons. The van der Waals surface area contributed by atoms with Gasteiger partial charge in [-0.2, -0.15) is 0 Å². The van der Waals surface area contributed by atoms with Crippen LogP contribution in [0.4, 0.5) is 5.69 Å². The van der Waals surface area contributed by atoms with Gasteiger partial charge in [-0.25, -0.2) is 4.79 Å². The highest BCUT2D eigenvalue weighted by atomic mass is 35.5. The summed E-state index contributed by atoms with van der Waals surface area (Å²) in [6.07, 6.45) is -0.982. The molecule has 0 heterocycles. The van der Waals surface area contributed by atoms with E-state index in [9.17, 15) is 9.59 Å².